The first kappa shape index (κ1) is 14.6. The van der Waals surface area contributed by atoms with E-state index in [4.69, 9.17) is 4.74 Å². The molecule has 0 unspecified atom stereocenters. The van der Waals surface area contributed by atoms with Gasteiger partial charge in [0.15, 0.2) is 0 Å². The van der Waals surface area contributed by atoms with Crippen molar-refractivity contribution in [2.24, 2.45) is 0 Å². The molecule has 0 radical (unpaired) electrons. The molecule has 108 valence electrons. The molecule has 1 heterocycles. The van der Waals surface area contributed by atoms with Gasteiger partial charge < -0.3 is 4.74 Å². The van der Waals surface area contributed by atoms with Crippen molar-refractivity contribution in [3.63, 3.8) is 0 Å². The molecule has 0 saturated heterocycles. The number of rotatable bonds is 5. The second-order valence-corrected chi connectivity index (χ2v) is 5.24. The maximum atomic E-state index is 5.37. The quantitative estimate of drug-likeness (QED) is 0.799. The van der Waals surface area contributed by atoms with Gasteiger partial charge in [0.05, 0.1) is 19.3 Å². The Kier molecular flexibility index (Phi) is 4.48. The van der Waals surface area contributed by atoms with Gasteiger partial charge in [0.25, 0.3) is 0 Å². The minimum Gasteiger partial charge on any atom is -0.496 e. The van der Waals surface area contributed by atoms with Crippen LogP contribution in [0.25, 0.3) is 11.1 Å². The lowest BCUT2D eigenvalue weighted by Gasteiger charge is -2.13. The molecule has 3 heteroatoms. The SMILES string of the molecule is CCC(CC)n1cc(-c2ccc(OC)c(C)c2C)cn1. The zero-order valence-electron chi connectivity index (χ0n) is 13.1. The van der Waals surface area contributed by atoms with Gasteiger partial charge in [-0.25, -0.2) is 0 Å². The Balaban J connectivity index is 2.40. The number of nitrogens with zero attached hydrogens (tertiary/aromatic N) is 2. The third-order valence-electron chi connectivity index (χ3n) is 4.19. The van der Waals surface area contributed by atoms with Crippen LogP contribution in [0, 0.1) is 13.8 Å². The highest BCUT2D eigenvalue weighted by Crippen LogP contribution is 2.31. The summed E-state index contributed by atoms with van der Waals surface area (Å²) in [5, 5.41) is 4.53. The van der Waals surface area contributed by atoms with Gasteiger partial charge in [-0.3, -0.25) is 4.68 Å². The first-order valence-corrected chi connectivity index (χ1v) is 7.31. The zero-order chi connectivity index (χ0) is 14.7. The van der Waals surface area contributed by atoms with Crippen molar-refractivity contribution in [1.29, 1.82) is 0 Å². The average molecular weight is 272 g/mol. The van der Waals surface area contributed by atoms with E-state index in [-0.39, 0.29) is 0 Å². The van der Waals surface area contributed by atoms with E-state index < -0.39 is 0 Å². The highest BCUT2D eigenvalue weighted by Gasteiger charge is 2.12. The van der Waals surface area contributed by atoms with Crippen molar-refractivity contribution in [1.82, 2.24) is 9.78 Å². The molecule has 0 spiro atoms. The van der Waals surface area contributed by atoms with Gasteiger partial charge in [-0.1, -0.05) is 19.9 Å². The molecule has 0 N–H and O–H groups in total. The molecule has 0 aliphatic carbocycles. The minimum atomic E-state index is 0.489. The summed E-state index contributed by atoms with van der Waals surface area (Å²) in [4.78, 5) is 0. The largest absolute Gasteiger partial charge is 0.496 e. The van der Waals surface area contributed by atoms with Gasteiger partial charge in [-0.05, 0) is 49.4 Å². The Bertz CT molecular complexity index is 583. The van der Waals surface area contributed by atoms with E-state index in [0.29, 0.717) is 6.04 Å². The molecular weight excluding hydrogens is 248 g/mol. The summed E-state index contributed by atoms with van der Waals surface area (Å²) in [6.45, 7) is 8.65. The Hall–Kier alpha value is -1.77. The molecule has 3 nitrogen and oxygen atoms in total. The number of ether oxygens (including phenoxy) is 1. The number of benzene rings is 1. The number of hydrogen-bond acceptors (Lipinski definition) is 2. The first-order valence-electron chi connectivity index (χ1n) is 7.31. The maximum Gasteiger partial charge on any atom is 0.122 e. The van der Waals surface area contributed by atoms with Crippen LogP contribution in [0.3, 0.4) is 0 Å². The lowest BCUT2D eigenvalue weighted by molar-refractivity contribution is 0.411. The summed E-state index contributed by atoms with van der Waals surface area (Å²) in [7, 11) is 1.71. The number of hydrogen-bond donors (Lipinski definition) is 0. The molecular formula is C17H24N2O. The molecule has 0 aliphatic rings. The fourth-order valence-corrected chi connectivity index (χ4v) is 2.67. The molecule has 0 fully saturated rings. The highest BCUT2D eigenvalue weighted by molar-refractivity contribution is 5.69. The second kappa shape index (κ2) is 6.12. The Morgan fingerprint density at radius 3 is 2.45 bits per heavy atom. The average Bonchev–Trinajstić information content (AvgIpc) is 2.92. The van der Waals surface area contributed by atoms with E-state index in [1.165, 1.54) is 22.3 Å². The lowest BCUT2D eigenvalue weighted by Crippen LogP contribution is -2.06. The van der Waals surface area contributed by atoms with Crippen LogP contribution in [-0.2, 0) is 0 Å². The highest BCUT2D eigenvalue weighted by atomic mass is 16.5. The minimum absolute atomic E-state index is 0.489. The molecule has 0 atom stereocenters. The molecule has 0 aliphatic heterocycles. The Morgan fingerprint density at radius 1 is 1.15 bits per heavy atom. The molecule has 0 saturated carbocycles. The van der Waals surface area contributed by atoms with Crippen molar-refractivity contribution in [2.75, 3.05) is 7.11 Å². The van der Waals surface area contributed by atoms with E-state index in [9.17, 15) is 0 Å². The van der Waals surface area contributed by atoms with Crippen LogP contribution in [0.4, 0.5) is 0 Å². The van der Waals surface area contributed by atoms with Gasteiger partial charge in [-0.15, -0.1) is 0 Å². The Labute approximate surface area is 121 Å². The first-order chi connectivity index (χ1) is 9.62. The molecule has 0 amide bonds. The summed E-state index contributed by atoms with van der Waals surface area (Å²) in [6, 6.07) is 4.64. The van der Waals surface area contributed by atoms with Crippen molar-refractivity contribution in [3.05, 3.63) is 35.7 Å². The summed E-state index contributed by atoms with van der Waals surface area (Å²) in [5.74, 6) is 0.943. The van der Waals surface area contributed by atoms with Crippen LogP contribution in [-0.4, -0.2) is 16.9 Å². The van der Waals surface area contributed by atoms with Crippen LogP contribution in [0.2, 0.25) is 0 Å². The predicted molar refractivity (Wildman–Crippen MR) is 83.3 cm³/mol. The third-order valence-corrected chi connectivity index (χ3v) is 4.19. The monoisotopic (exact) mass is 272 g/mol. The van der Waals surface area contributed by atoms with E-state index in [2.05, 4.69) is 49.7 Å². The van der Waals surface area contributed by atoms with Crippen molar-refractivity contribution < 1.29 is 4.74 Å². The van der Waals surface area contributed by atoms with E-state index in [1.807, 2.05) is 12.3 Å². The lowest BCUT2D eigenvalue weighted by atomic mass is 9.98. The third kappa shape index (κ3) is 2.58. The smallest absolute Gasteiger partial charge is 0.122 e. The normalized spacial score (nSPS) is 11.1. The van der Waals surface area contributed by atoms with E-state index in [0.717, 1.165) is 18.6 Å². The summed E-state index contributed by atoms with van der Waals surface area (Å²) in [5.41, 5.74) is 4.87. The second-order valence-electron chi connectivity index (χ2n) is 5.24. The molecule has 1 aromatic heterocycles. The molecule has 0 bridgehead atoms. The summed E-state index contributed by atoms with van der Waals surface area (Å²) < 4.78 is 7.47. The van der Waals surface area contributed by atoms with Crippen LogP contribution < -0.4 is 4.74 Å². The zero-order valence-corrected chi connectivity index (χ0v) is 13.1. The van der Waals surface area contributed by atoms with Gasteiger partial charge >= 0.3 is 0 Å². The summed E-state index contributed by atoms with van der Waals surface area (Å²) in [6.07, 6.45) is 6.34. The fourth-order valence-electron chi connectivity index (χ4n) is 2.67. The topological polar surface area (TPSA) is 27.1 Å². The van der Waals surface area contributed by atoms with Gasteiger partial charge in [0.1, 0.15) is 5.75 Å². The van der Waals surface area contributed by atoms with Crippen LogP contribution >= 0.6 is 0 Å². The standard InChI is InChI=1S/C17H24N2O/c1-6-15(7-2)19-11-14(10-18-19)16-8-9-17(20-5)13(4)12(16)3/h8-11,15H,6-7H2,1-5H3. The van der Waals surface area contributed by atoms with Crippen LogP contribution in [0.5, 0.6) is 5.75 Å². The van der Waals surface area contributed by atoms with Crippen molar-refractivity contribution >= 4 is 0 Å². The predicted octanol–water partition coefficient (Wildman–Crippen LogP) is 4.54. The molecule has 20 heavy (non-hydrogen) atoms. The number of aromatic nitrogens is 2. The van der Waals surface area contributed by atoms with Crippen LogP contribution in [0.15, 0.2) is 24.5 Å². The van der Waals surface area contributed by atoms with Crippen molar-refractivity contribution in [3.8, 4) is 16.9 Å². The van der Waals surface area contributed by atoms with E-state index >= 15 is 0 Å². The molecule has 2 rings (SSSR count). The Morgan fingerprint density at radius 2 is 1.85 bits per heavy atom. The molecule has 1 aromatic carbocycles. The summed E-state index contributed by atoms with van der Waals surface area (Å²) >= 11 is 0. The van der Waals surface area contributed by atoms with Crippen molar-refractivity contribution in [2.45, 2.75) is 46.6 Å². The maximum absolute atomic E-state index is 5.37. The van der Waals surface area contributed by atoms with Gasteiger partial charge in [0, 0.05) is 11.8 Å². The van der Waals surface area contributed by atoms with E-state index in [1.54, 1.807) is 7.11 Å². The van der Waals surface area contributed by atoms with Crippen LogP contribution in [0.1, 0.15) is 43.9 Å². The fraction of sp³-hybridized carbons (Fsp3) is 0.471. The number of methoxy groups -OCH3 is 1. The van der Waals surface area contributed by atoms with Gasteiger partial charge in [-0.2, -0.15) is 5.10 Å². The van der Waals surface area contributed by atoms with Gasteiger partial charge in [0.2, 0.25) is 0 Å². The molecule has 2 aromatic rings.